The first-order valence-corrected chi connectivity index (χ1v) is 7.93. The van der Waals surface area contributed by atoms with Crippen LogP contribution in [0.3, 0.4) is 0 Å². The molecule has 8 heteroatoms. The van der Waals surface area contributed by atoms with Gasteiger partial charge in [-0.1, -0.05) is 30.3 Å². The van der Waals surface area contributed by atoms with Crippen LogP contribution in [0.2, 0.25) is 0 Å². The first kappa shape index (κ1) is 17.3. The highest BCUT2D eigenvalue weighted by atomic mass is 16.6. The molecule has 0 aliphatic rings. The Morgan fingerprint density at radius 1 is 1.27 bits per heavy atom. The molecule has 3 aromatic rings. The Morgan fingerprint density at radius 2 is 2.00 bits per heavy atom. The number of nitrogens with one attached hydrogen (secondary N) is 1. The van der Waals surface area contributed by atoms with Crippen molar-refractivity contribution in [3.05, 3.63) is 80.9 Å². The number of aromatic nitrogens is 2. The minimum absolute atomic E-state index is 0.102. The van der Waals surface area contributed by atoms with E-state index in [1.54, 1.807) is 0 Å². The molecule has 2 aromatic carbocycles. The number of nitro benzene ring substituents is 1. The number of hydrogen-bond donors (Lipinski definition) is 1. The van der Waals surface area contributed by atoms with E-state index in [1.807, 2.05) is 37.3 Å². The van der Waals surface area contributed by atoms with E-state index in [2.05, 4.69) is 10.3 Å². The molecule has 1 amide bonds. The zero-order valence-electron chi connectivity index (χ0n) is 14.0. The maximum Gasteiger partial charge on any atom is 0.270 e. The van der Waals surface area contributed by atoms with Crippen LogP contribution in [0.5, 0.6) is 0 Å². The number of amides is 1. The number of hydrogen-bond acceptors (Lipinski definition) is 5. The molecule has 0 radical (unpaired) electrons. The highest BCUT2D eigenvalue weighted by Gasteiger charge is 2.14. The van der Waals surface area contributed by atoms with Crippen molar-refractivity contribution in [2.45, 2.75) is 19.5 Å². The predicted molar refractivity (Wildman–Crippen MR) is 95.7 cm³/mol. The molecule has 0 bridgehead atoms. The summed E-state index contributed by atoms with van der Waals surface area (Å²) in [6.07, 6.45) is 1.27. The molecule has 0 aliphatic carbocycles. The summed E-state index contributed by atoms with van der Waals surface area (Å²) >= 11 is 0. The molecule has 0 unspecified atom stereocenters. The van der Waals surface area contributed by atoms with Gasteiger partial charge < -0.3 is 5.32 Å². The number of carbonyl (C=O) groups is 1. The SMILES string of the molecule is C[C@H](NC(=O)Cn1cnc2ccc([N+](=O)[O-])cc2c1=O)c1ccccc1. The van der Waals surface area contributed by atoms with Crippen molar-refractivity contribution in [2.24, 2.45) is 0 Å². The third-order valence-corrected chi connectivity index (χ3v) is 4.01. The standard InChI is InChI=1S/C18H16N4O4/c1-12(13-5-3-2-4-6-13)20-17(23)10-21-11-19-16-8-7-14(22(25)26)9-15(16)18(21)24/h2-9,11-12H,10H2,1H3,(H,20,23)/t12-/m0/s1. The zero-order valence-corrected chi connectivity index (χ0v) is 14.0. The first-order valence-electron chi connectivity index (χ1n) is 7.93. The van der Waals surface area contributed by atoms with Crippen molar-refractivity contribution in [3.63, 3.8) is 0 Å². The van der Waals surface area contributed by atoms with Gasteiger partial charge >= 0.3 is 0 Å². The van der Waals surface area contributed by atoms with Gasteiger partial charge in [-0.2, -0.15) is 0 Å². The molecule has 0 fully saturated rings. The molecule has 0 saturated carbocycles. The first-order chi connectivity index (χ1) is 12.5. The van der Waals surface area contributed by atoms with Gasteiger partial charge in [0.05, 0.1) is 28.2 Å². The van der Waals surface area contributed by atoms with Gasteiger partial charge in [0.15, 0.2) is 0 Å². The topological polar surface area (TPSA) is 107 Å². The molecular formula is C18H16N4O4. The lowest BCUT2D eigenvalue weighted by Crippen LogP contribution is -2.34. The molecule has 1 N–H and O–H groups in total. The van der Waals surface area contributed by atoms with E-state index < -0.39 is 10.5 Å². The molecule has 132 valence electrons. The summed E-state index contributed by atoms with van der Waals surface area (Å²) in [6.45, 7) is 1.62. The summed E-state index contributed by atoms with van der Waals surface area (Å²) < 4.78 is 1.14. The number of benzene rings is 2. The predicted octanol–water partition coefficient (Wildman–Crippen LogP) is 2.18. The lowest BCUT2D eigenvalue weighted by molar-refractivity contribution is -0.384. The van der Waals surface area contributed by atoms with Crippen LogP contribution < -0.4 is 10.9 Å². The molecule has 8 nitrogen and oxygen atoms in total. The fourth-order valence-electron chi connectivity index (χ4n) is 2.64. The summed E-state index contributed by atoms with van der Waals surface area (Å²) in [4.78, 5) is 39.2. The third kappa shape index (κ3) is 3.59. The van der Waals surface area contributed by atoms with E-state index in [0.29, 0.717) is 5.52 Å². The van der Waals surface area contributed by atoms with Crippen LogP contribution in [0, 0.1) is 10.1 Å². The number of nitrogens with zero attached hydrogens (tertiary/aromatic N) is 3. The van der Waals surface area contributed by atoms with Crippen molar-refractivity contribution in [1.29, 1.82) is 0 Å². The second kappa shape index (κ2) is 7.14. The number of nitro groups is 1. The highest BCUT2D eigenvalue weighted by Crippen LogP contribution is 2.16. The van der Waals surface area contributed by atoms with Crippen LogP contribution in [0.4, 0.5) is 5.69 Å². The maximum absolute atomic E-state index is 12.5. The smallest absolute Gasteiger partial charge is 0.270 e. The molecular weight excluding hydrogens is 336 g/mol. The Hall–Kier alpha value is -3.55. The van der Waals surface area contributed by atoms with E-state index in [9.17, 15) is 19.7 Å². The van der Waals surface area contributed by atoms with Gasteiger partial charge in [0.2, 0.25) is 5.91 Å². The van der Waals surface area contributed by atoms with Gasteiger partial charge in [0.25, 0.3) is 11.2 Å². The Morgan fingerprint density at radius 3 is 2.69 bits per heavy atom. The van der Waals surface area contributed by atoms with Crippen molar-refractivity contribution >= 4 is 22.5 Å². The van der Waals surface area contributed by atoms with Crippen LogP contribution in [-0.4, -0.2) is 20.4 Å². The molecule has 1 atom stereocenters. The van der Waals surface area contributed by atoms with Gasteiger partial charge in [0.1, 0.15) is 6.54 Å². The fourth-order valence-corrected chi connectivity index (χ4v) is 2.64. The zero-order chi connectivity index (χ0) is 18.7. The van der Waals surface area contributed by atoms with Gasteiger partial charge in [-0.05, 0) is 18.6 Å². The van der Waals surface area contributed by atoms with E-state index in [4.69, 9.17) is 0 Å². The summed E-state index contributed by atoms with van der Waals surface area (Å²) in [5.41, 5.74) is 0.591. The largest absolute Gasteiger partial charge is 0.348 e. The average molecular weight is 352 g/mol. The average Bonchev–Trinajstić information content (AvgIpc) is 2.64. The van der Waals surface area contributed by atoms with Crippen LogP contribution in [0.25, 0.3) is 10.9 Å². The molecule has 0 aliphatic heterocycles. The molecule has 1 aromatic heterocycles. The molecule has 0 saturated heterocycles. The number of fused-ring (bicyclic) bond motifs is 1. The van der Waals surface area contributed by atoms with Crippen molar-refractivity contribution in [1.82, 2.24) is 14.9 Å². The van der Waals surface area contributed by atoms with E-state index in [-0.39, 0.29) is 29.6 Å². The van der Waals surface area contributed by atoms with Gasteiger partial charge in [-0.15, -0.1) is 0 Å². The molecule has 0 spiro atoms. The Labute approximate surface area is 148 Å². The fraction of sp³-hybridized carbons (Fsp3) is 0.167. The Bertz CT molecular complexity index is 1030. The van der Waals surface area contributed by atoms with E-state index >= 15 is 0 Å². The minimum Gasteiger partial charge on any atom is -0.348 e. The van der Waals surface area contributed by atoms with Crippen LogP contribution in [0.15, 0.2) is 59.7 Å². The summed E-state index contributed by atoms with van der Waals surface area (Å²) in [5.74, 6) is -0.352. The van der Waals surface area contributed by atoms with Crippen LogP contribution >= 0.6 is 0 Å². The lowest BCUT2D eigenvalue weighted by Gasteiger charge is -2.15. The lowest BCUT2D eigenvalue weighted by atomic mass is 10.1. The van der Waals surface area contributed by atoms with Crippen molar-refractivity contribution in [3.8, 4) is 0 Å². The maximum atomic E-state index is 12.5. The van der Waals surface area contributed by atoms with Gasteiger partial charge in [0, 0.05) is 12.1 Å². The number of carbonyl (C=O) groups excluding carboxylic acids is 1. The third-order valence-electron chi connectivity index (χ3n) is 4.01. The van der Waals surface area contributed by atoms with E-state index in [0.717, 1.165) is 10.1 Å². The normalized spacial score (nSPS) is 11.9. The minimum atomic E-state index is -0.579. The van der Waals surface area contributed by atoms with Gasteiger partial charge in [-0.25, -0.2) is 4.98 Å². The van der Waals surface area contributed by atoms with Crippen molar-refractivity contribution in [2.75, 3.05) is 0 Å². The van der Waals surface area contributed by atoms with Crippen LogP contribution in [0.1, 0.15) is 18.5 Å². The Balaban J connectivity index is 1.82. The van der Waals surface area contributed by atoms with Crippen LogP contribution in [-0.2, 0) is 11.3 Å². The second-order valence-corrected chi connectivity index (χ2v) is 5.84. The van der Waals surface area contributed by atoms with E-state index in [1.165, 1.54) is 24.5 Å². The molecule has 26 heavy (non-hydrogen) atoms. The molecule has 3 rings (SSSR count). The summed E-state index contributed by atoms with van der Waals surface area (Å²) in [7, 11) is 0. The Kier molecular flexibility index (Phi) is 4.74. The molecule has 1 heterocycles. The van der Waals surface area contributed by atoms with Gasteiger partial charge in [-0.3, -0.25) is 24.3 Å². The number of rotatable bonds is 5. The summed E-state index contributed by atoms with van der Waals surface area (Å²) in [5, 5.41) is 13.8. The van der Waals surface area contributed by atoms with Crippen molar-refractivity contribution < 1.29 is 9.72 Å². The highest BCUT2D eigenvalue weighted by molar-refractivity contribution is 5.81. The monoisotopic (exact) mass is 352 g/mol. The number of non-ortho nitro benzene ring substituents is 1. The second-order valence-electron chi connectivity index (χ2n) is 5.84. The quantitative estimate of drug-likeness (QED) is 0.559. The summed E-state index contributed by atoms with van der Waals surface area (Å²) in [6, 6.07) is 13.1.